The number of hydrogen-bond acceptors (Lipinski definition) is 7. The summed E-state index contributed by atoms with van der Waals surface area (Å²) in [4.78, 5) is 19.2. The number of alkyl halides is 2. The van der Waals surface area contributed by atoms with Crippen molar-refractivity contribution >= 4 is 57.9 Å². The van der Waals surface area contributed by atoms with E-state index >= 15 is 0 Å². The molecule has 4 N–H and O–H groups in total. The number of aromatic nitrogens is 2. The first kappa shape index (κ1) is 20.8. The monoisotopic (exact) mass is 471 g/mol. The molecule has 2 aromatic carbocycles. The maximum absolute atomic E-state index is 14.2. The van der Waals surface area contributed by atoms with E-state index in [0.29, 0.717) is 5.69 Å². The number of nitrogens with zero attached hydrogens (tertiary/aromatic N) is 2. The molecule has 1 amide bonds. The van der Waals surface area contributed by atoms with Gasteiger partial charge >= 0.3 is 12.0 Å². The number of hydrogen-bond donors (Lipinski definition) is 4. The number of rotatable bonds is 4. The van der Waals surface area contributed by atoms with Crippen molar-refractivity contribution < 1.29 is 27.8 Å². The van der Waals surface area contributed by atoms with Gasteiger partial charge in [0.15, 0.2) is 23.1 Å². The van der Waals surface area contributed by atoms with E-state index in [4.69, 9.17) is 23.2 Å². The van der Waals surface area contributed by atoms with E-state index in [0.717, 1.165) is 6.20 Å². The lowest BCUT2D eigenvalue weighted by Gasteiger charge is -2.25. The number of benzene rings is 2. The van der Waals surface area contributed by atoms with Gasteiger partial charge in [0, 0.05) is 11.4 Å². The molecule has 8 nitrogen and oxygen atoms in total. The molecule has 1 aliphatic heterocycles. The minimum atomic E-state index is -3.98. The molecule has 1 aliphatic rings. The molecular weight excluding hydrogens is 462 g/mol. The summed E-state index contributed by atoms with van der Waals surface area (Å²) in [6.45, 7) is 0. The van der Waals surface area contributed by atoms with Crippen molar-refractivity contribution in [2.45, 2.75) is 6.11 Å². The van der Waals surface area contributed by atoms with Crippen LogP contribution >= 0.6 is 23.2 Å². The normalized spacial score (nSPS) is 14.3. The molecule has 0 fully saturated rings. The van der Waals surface area contributed by atoms with Gasteiger partial charge in [-0.3, -0.25) is 4.79 Å². The van der Waals surface area contributed by atoms with Gasteiger partial charge in [-0.25, -0.2) is 9.37 Å². The Morgan fingerprint density at radius 1 is 1.10 bits per heavy atom. The third kappa shape index (κ3) is 4.23. The van der Waals surface area contributed by atoms with Crippen LogP contribution in [0.5, 0.6) is 11.5 Å². The summed E-state index contributed by atoms with van der Waals surface area (Å²) in [7, 11) is 0. The molecular formula is C18H10Cl2F3N5O3. The number of anilines is 5. The summed E-state index contributed by atoms with van der Waals surface area (Å²) >= 11 is 11.7. The van der Waals surface area contributed by atoms with E-state index in [1.807, 2.05) is 5.32 Å². The summed E-state index contributed by atoms with van der Waals surface area (Å²) in [5.74, 6) is -3.25. The quantitative estimate of drug-likeness (QED) is 0.394. The van der Waals surface area contributed by atoms with Crippen LogP contribution in [0.3, 0.4) is 0 Å². The SMILES string of the molecule is O=C1Nc2cc(Nc3nc(Nc4cc(Cl)c(O)c(Cl)c4)ncc3F)ccc2OC1(F)F. The van der Waals surface area contributed by atoms with E-state index in [2.05, 4.69) is 25.3 Å². The van der Waals surface area contributed by atoms with Crippen LogP contribution < -0.4 is 20.7 Å². The number of ether oxygens (including phenoxy) is 1. The van der Waals surface area contributed by atoms with E-state index in [-0.39, 0.29) is 44.7 Å². The predicted octanol–water partition coefficient (Wildman–Crippen LogP) is 5.04. The largest absolute Gasteiger partial charge is 0.505 e. The molecule has 0 aliphatic carbocycles. The maximum atomic E-state index is 14.2. The molecule has 31 heavy (non-hydrogen) atoms. The smallest absolute Gasteiger partial charge is 0.482 e. The molecule has 2 heterocycles. The highest BCUT2D eigenvalue weighted by Gasteiger charge is 2.46. The molecule has 0 saturated heterocycles. The summed E-state index contributed by atoms with van der Waals surface area (Å²) in [6, 6.07) is 6.52. The van der Waals surface area contributed by atoms with Gasteiger partial charge in [-0.05, 0) is 30.3 Å². The third-order valence-corrected chi connectivity index (χ3v) is 4.59. The van der Waals surface area contributed by atoms with Crippen LogP contribution in [0.2, 0.25) is 10.0 Å². The van der Waals surface area contributed by atoms with Gasteiger partial charge in [0.2, 0.25) is 5.95 Å². The Kier molecular flexibility index (Phi) is 5.15. The lowest BCUT2D eigenvalue weighted by atomic mass is 10.2. The fourth-order valence-corrected chi connectivity index (χ4v) is 3.08. The first-order chi connectivity index (χ1) is 14.6. The Hall–Kier alpha value is -3.44. The van der Waals surface area contributed by atoms with Crippen LogP contribution in [0, 0.1) is 5.82 Å². The van der Waals surface area contributed by atoms with Crippen LogP contribution in [0.25, 0.3) is 0 Å². The van der Waals surface area contributed by atoms with E-state index in [1.165, 1.54) is 30.3 Å². The molecule has 0 saturated carbocycles. The molecule has 13 heteroatoms. The molecule has 3 aromatic rings. The van der Waals surface area contributed by atoms with Gasteiger partial charge in [-0.2, -0.15) is 13.8 Å². The highest BCUT2D eigenvalue weighted by atomic mass is 35.5. The number of phenolic OH excluding ortho intramolecular Hbond substituents is 1. The van der Waals surface area contributed by atoms with Crippen LogP contribution in [0.15, 0.2) is 36.5 Å². The van der Waals surface area contributed by atoms with Gasteiger partial charge < -0.3 is 25.8 Å². The second kappa shape index (κ2) is 7.67. The van der Waals surface area contributed by atoms with Crippen molar-refractivity contribution in [2.24, 2.45) is 0 Å². The molecule has 0 unspecified atom stereocenters. The fourth-order valence-electron chi connectivity index (χ4n) is 2.59. The molecule has 0 radical (unpaired) electrons. The van der Waals surface area contributed by atoms with Crippen molar-refractivity contribution in [1.29, 1.82) is 0 Å². The lowest BCUT2D eigenvalue weighted by Crippen LogP contribution is -2.43. The fraction of sp³-hybridized carbons (Fsp3) is 0.0556. The minimum Gasteiger partial charge on any atom is -0.505 e. The second-order valence-electron chi connectivity index (χ2n) is 6.21. The minimum absolute atomic E-state index is 0.0145. The van der Waals surface area contributed by atoms with Gasteiger partial charge in [-0.15, -0.1) is 0 Å². The molecule has 0 spiro atoms. The van der Waals surface area contributed by atoms with Crippen molar-refractivity contribution in [3.05, 3.63) is 52.4 Å². The predicted molar refractivity (Wildman–Crippen MR) is 107 cm³/mol. The van der Waals surface area contributed by atoms with Crippen molar-refractivity contribution in [1.82, 2.24) is 9.97 Å². The zero-order valence-electron chi connectivity index (χ0n) is 15.0. The molecule has 1 aromatic heterocycles. The Labute approximate surface area is 182 Å². The number of carbonyl (C=O) groups excluding carboxylic acids is 1. The van der Waals surface area contributed by atoms with Gasteiger partial charge in [-0.1, -0.05) is 23.2 Å². The summed E-state index contributed by atoms with van der Waals surface area (Å²) in [6.07, 6.45) is -3.09. The van der Waals surface area contributed by atoms with Crippen molar-refractivity contribution in [3.63, 3.8) is 0 Å². The molecule has 0 atom stereocenters. The van der Waals surface area contributed by atoms with Gasteiger partial charge in [0.25, 0.3) is 0 Å². The van der Waals surface area contributed by atoms with E-state index < -0.39 is 17.8 Å². The van der Waals surface area contributed by atoms with Gasteiger partial charge in [0.1, 0.15) is 0 Å². The standard InChI is InChI=1S/C18H10Cl2F3N5O3/c19-9-3-8(4-10(20)14(9)29)26-17-24-6-11(21)15(28-17)25-7-1-2-13-12(5-7)27-16(30)18(22,23)31-13/h1-6,29H,(H,27,30)(H2,24,25,26,28). The number of phenols is 1. The number of amides is 1. The Bertz CT molecular complexity index is 1190. The third-order valence-electron chi connectivity index (χ3n) is 4.01. The van der Waals surface area contributed by atoms with E-state index in [9.17, 15) is 23.1 Å². The average Bonchev–Trinajstić information content (AvgIpc) is 2.69. The molecule has 0 bridgehead atoms. The topological polar surface area (TPSA) is 108 Å². The first-order valence-corrected chi connectivity index (χ1v) is 9.15. The zero-order valence-corrected chi connectivity index (χ0v) is 16.5. The highest BCUT2D eigenvalue weighted by molar-refractivity contribution is 6.37. The number of carbonyl (C=O) groups is 1. The van der Waals surface area contributed by atoms with Crippen molar-refractivity contribution in [2.75, 3.05) is 16.0 Å². The van der Waals surface area contributed by atoms with Crippen LogP contribution in [-0.4, -0.2) is 27.1 Å². The number of fused-ring (bicyclic) bond motifs is 1. The number of aromatic hydroxyl groups is 1. The van der Waals surface area contributed by atoms with Crippen LogP contribution in [0.4, 0.5) is 42.0 Å². The number of halogens is 5. The lowest BCUT2D eigenvalue weighted by molar-refractivity contribution is -0.189. The Morgan fingerprint density at radius 2 is 1.81 bits per heavy atom. The van der Waals surface area contributed by atoms with E-state index in [1.54, 1.807) is 0 Å². The van der Waals surface area contributed by atoms with Crippen LogP contribution in [0.1, 0.15) is 0 Å². The van der Waals surface area contributed by atoms with Crippen molar-refractivity contribution in [3.8, 4) is 11.5 Å². The first-order valence-electron chi connectivity index (χ1n) is 8.39. The Balaban J connectivity index is 1.57. The average molecular weight is 472 g/mol. The highest BCUT2D eigenvalue weighted by Crippen LogP contribution is 2.38. The Morgan fingerprint density at radius 3 is 2.52 bits per heavy atom. The maximum Gasteiger partial charge on any atom is 0.482 e. The summed E-state index contributed by atoms with van der Waals surface area (Å²) < 4.78 is 45.2. The second-order valence-corrected chi connectivity index (χ2v) is 7.03. The summed E-state index contributed by atoms with van der Waals surface area (Å²) in [5, 5.41) is 17.0. The summed E-state index contributed by atoms with van der Waals surface area (Å²) in [5.41, 5.74) is 0.536. The van der Waals surface area contributed by atoms with Gasteiger partial charge in [0.05, 0.1) is 21.9 Å². The molecule has 4 rings (SSSR count). The van der Waals surface area contributed by atoms with Crippen LogP contribution in [-0.2, 0) is 4.79 Å². The number of nitrogens with one attached hydrogen (secondary N) is 3. The molecule has 160 valence electrons. The zero-order chi connectivity index (χ0) is 22.3.